The molecule has 0 heterocycles. The minimum atomic E-state index is 1.11. The van der Waals surface area contributed by atoms with Gasteiger partial charge in [-0.3, -0.25) is 0 Å². The van der Waals surface area contributed by atoms with Gasteiger partial charge in [-0.25, -0.2) is 0 Å². The molecule has 0 aliphatic rings. The van der Waals surface area contributed by atoms with Crippen molar-refractivity contribution in [3.8, 4) is 22.3 Å². The van der Waals surface area contributed by atoms with E-state index >= 15 is 0 Å². The summed E-state index contributed by atoms with van der Waals surface area (Å²) >= 11 is 0. The molecule has 0 saturated heterocycles. The minimum Gasteiger partial charge on any atom is -0.310 e. The Balaban J connectivity index is 1.41. The maximum absolute atomic E-state index is 2.35. The smallest absolute Gasteiger partial charge is 0.0540 e. The number of benzene rings is 6. The third kappa shape index (κ3) is 5.58. The van der Waals surface area contributed by atoms with Crippen LogP contribution in [0.15, 0.2) is 164 Å². The van der Waals surface area contributed by atoms with Crippen molar-refractivity contribution in [2.75, 3.05) is 4.90 Å². The van der Waals surface area contributed by atoms with Crippen LogP contribution in [-0.4, -0.2) is 0 Å². The second kappa shape index (κ2) is 11.5. The van der Waals surface area contributed by atoms with Crippen LogP contribution in [0.4, 0.5) is 17.1 Å². The molecule has 6 aromatic carbocycles. The summed E-state index contributed by atoms with van der Waals surface area (Å²) in [5, 5.41) is 0. The van der Waals surface area contributed by atoms with Gasteiger partial charge in [0.25, 0.3) is 0 Å². The van der Waals surface area contributed by atoms with Gasteiger partial charge in [0.15, 0.2) is 0 Å². The largest absolute Gasteiger partial charge is 0.310 e. The van der Waals surface area contributed by atoms with Crippen LogP contribution in [0.2, 0.25) is 0 Å². The topological polar surface area (TPSA) is 3.24 Å². The summed E-state index contributed by atoms with van der Waals surface area (Å²) in [4.78, 5) is 2.35. The molecule has 186 valence electrons. The highest BCUT2D eigenvalue weighted by Crippen LogP contribution is 2.41. The van der Waals surface area contributed by atoms with Crippen molar-refractivity contribution in [3.63, 3.8) is 0 Å². The van der Waals surface area contributed by atoms with Gasteiger partial charge in [0.05, 0.1) is 5.69 Å². The Morgan fingerprint density at radius 2 is 0.769 bits per heavy atom. The lowest BCUT2D eigenvalue weighted by Crippen LogP contribution is -2.11. The lowest BCUT2D eigenvalue weighted by Gasteiger charge is -2.28. The van der Waals surface area contributed by atoms with Crippen molar-refractivity contribution >= 4 is 29.2 Å². The van der Waals surface area contributed by atoms with E-state index in [1.807, 2.05) is 6.07 Å². The summed E-state index contributed by atoms with van der Waals surface area (Å²) in [6.07, 6.45) is 4.32. The predicted molar refractivity (Wildman–Crippen MR) is 167 cm³/mol. The summed E-state index contributed by atoms with van der Waals surface area (Å²) < 4.78 is 0. The first-order chi connectivity index (χ1) is 19.3. The van der Waals surface area contributed by atoms with Crippen LogP contribution in [0.1, 0.15) is 11.1 Å². The summed E-state index contributed by atoms with van der Waals surface area (Å²) in [5.41, 5.74) is 10.5. The van der Waals surface area contributed by atoms with E-state index < -0.39 is 0 Å². The summed E-state index contributed by atoms with van der Waals surface area (Å²) in [6.45, 7) is 0. The van der Waals surface area contributed by atoms with Gasteiger partial charge in [0.2, 0.25) is 0 Å². The number of hydrogen-bond donors (Lipinski definition) is 0. The van der Waals surface area contributed by atoms with E-state index in [4.69, 9.17) is 0 Å². The molecule has 0 aromatic heterocycles. The Labute approximate surface area is 231 Å². The van der Waals surface area contributed by atoms with Crippen LogP contribution in [-0.2, 0) is 0 Å². The minimum absolute atomic E-state index is 1.11. The molecular formula is C38H29N. The van der Waals surface area contributed by atoms with Crippen LogP contribution in [0.5, 0.6) is 0 Å². The molecule has 6 aromatic rings. The highest BCUT2D eigenvalue weighted by atomic mass is 15.1. The summed E-state index contributed by atoms with van der Waals surface area (Å²) in [7, 11) is 0. The molecule has 0 aliphatic carbocycles. The van der Waals surface area contributed by atoms with E-state index in [0.717, 1.165) is 17.1 Å². The average Bonchev–Trinajstić information content (AvgIpc) is 3.03. The van der Waals surface area contributed by atoms with Crippen molar-refractivity contribution in [3.05, 3.63) is 175 Å². The first kappa shape index (κ1) is 24.2. The lowest BCUT2D eigenvalue weighted by atomic mass is 10.0. The fraction of sp³-hybridized carbons (Fsp3) is 0. The summed E-state index contributed by atoms with van der Waals surface area (Å²) in [6, 6.07) is 57.8. The van der Waals surface area contributed by atoms with Crippen LogP contribution >= 0.6 is 0 Å². The van der Waals surface area contributed by atoms with Gasteiger partial charge >= 0.3 is 0 Å². The quantitative estimate of drug-likeness (QED) is 0.197. The summed E-state index contributed by atoms with van der Waals surface area (Å²) in [5.74, 6) is 0. The second-order valence-electron chi connectivity index (χ2n) is 9.47. The van der Waals surface area contributed by atoms with Crippen molar-refractivity contribution in [2.24, 2.45) is 0 Å². The highest BCUT2D eigenvalue weighted by Gasteiger charge is 2.17. The Hall–Kier alpha value is -5.14. The van der Waals surface area contributed by atoms with Crippen LogP contribution < -0.4 is 4.90 Å². The van der Waals surface area contributed by atoms with E-state index in [1.54, 1.807) is 0 Å². The molecule has 39 heavy (non-hydrogen) atoms. The molecule has 0 bridgehead atoms. The Morgan fingerprint density at radius 1 is 0.333 bits per heavy atom. The molecule has 0 aliphatic heterocycles. The molecule has 0 unspecified atom stereocenters. The lowest BCUT2D eigenvalue weighted by molar-refractivity contribution is 1.28. The molecule has 0 fully saturated rings. The standard InChI is InChI=1S/C38H29N/c1-4-12-30(13-5-1)20-21-31-22-26-35(27-23-31)39(36-28-24-33(25-29-36)32-14-6-2-7-15-32)38-19-11-10-18-37(38)34-16-8-3-9-17-34/h1-29H/b21-20+. The third-order valence-corrected chi connectivity index (χ3v) is 6.88. The molecule has 0 radical (unpaired) electrons. The van der Waals surface area contributed by atoms with Gasteiger partial charge in [-0.05, 0) is 58.1 Å². The van der Waals surface area contributed by atoms with Gasteiger partial charge in [-0.15, -0.1) is 0 Å². The molecular weight excluding hydrogens is 470 g/mol. The van der Waals surface area contributed by atoms with Crippen molar-refractivity contribution in [2.45, 2.75) is 0 Å². The highest BCUT2D eigenvalue weighted by molar-refractivity contribution is 5.88. The van der Waals surface area contributed by atoms with Crippen molar-refractivity contribution < 1.29 is 0 Å². The van der Waals surface area contributed by atoms with Gasteiger partial charge in [0.1, 0.15) is 0 Å². The van der Waals surface area contributed by atoms with Crippen LogP contribution in [0.25, 0.3) is 34.4 Å². The molecule has 0 amide bonds. The number of hydrogen-bond acceptors (Lipinski definition) is 1. The molecule has 0 atom stereocenters. The zero-order chi connectivity index (χ0) is 26.3. The predicted octanol–water partition coefficient (Wildman–Crippen LogP) is 10.7. The van der Waals surface area contributed by atoms with Gasteiger partial charge in [0, 0.05) is 16.9 Å². The van der Waals surface area contributed by atoms with E-state index in [2.05, 4.69) is 175 Å². The zero-order valence-corrected chi connectivity index (χ0v) is 21.7. The van der Waals surface area contributed by atoms with E-state index in [-0.39, 0.29) is 0 Å². The fourth-order valence-corrected chi connectivity index (χ4v) is 4.88. The molecule has 1 heteroatoms. The number of nitrogens with zero attached hydrogens (tertiary/aromatic N) is 1. The maximum Gasteiger partial charge on any atom is 0.0540 e. The van der Waals surface area contributed by atoms with Crippen LogP contribution in [0.3, 0.4) is 0 Å². The normalized spacial score (nSPS) is 11.0. The zero-order valence-electron chi connectivity index (χ0n) is 21.7. The molecule has 6 rings (SSSR count). The maximum atomic E-state index is 2.35. The van der Waals surface area contributed by atoms with Crippen LogP contribution in [0, 0.1) is 0 Å². The van der Waals surface area contributed by atoms with Crippen molar-refractivity contribution in [1.29, 1.82) is 0 Å². The first-order valence-corrected chi connectivity index (χ1v) is 13.3. The van der Waals surface area contributed by atoms with E-state index in [0.29, 0.717) is 0 Å². The monoisotopic (exact) mass is 499 g/mol. The Bertz CT molecular complexity index is 1650. The van der Waals surface area contributed by atoms with Gasteiger partial charge < -0.3 is 4.90 Å². The van der Waals surface area contributed by atoms with Crippen molar-refractivity contribution in [1.82, 2.24) is 0 Å². The number of para-hydroxylation sites is 1. The Kier molecular flexibility index (Phi) is 7.14. The third-order valence-electron chi connectivity index (χ3n) is 6.88. The molecule has 1 nitrogen and oxygen atoms in total. The number of anilines is 3. The fourth-order valence-electron chi connectivity index (χ4n) is 4.88. The van der Waals surface area contributed by atoms with E-state index in [9.17, 15) is 0 Å². The molecule has 0 saturated carbocycles. The number of rotatable bonds is 7. The van der Waals surface area contributed by atoms with Gasteiger partial charge in [-0.1, -0.05) is 146 Å². The first-order valence-electron chi connectivity index (χ1n) is 13.3. The van der Waals surface area contributed by atoms with Gasteiger partial charge in [-0.2, -0.15) is 0 Å². The SMILES string of the molecule is C(=C\c1ccc(N(c2ccc(-c3ccccc3)cc2)c2ccccc2-c2ccccc2)cc1)/c1ccccc1. The average molecular weight is 500 g/mol. The molecule has 0 N–H and O–H groups in total. The second-order valence-corrected chi connectivity index (χ2v) is 9.47. The van der Waals surface area contributed by atoms with E-state index in [1.165, 1.54) is 33.4 Å². The Morgan fingerprint density at radius 3 is 1.38 bits per heavy atom. The molecule has 0 spiro atoms.